The third kappa shape index (κ3) is 4.42. The lowest BCUT2D eigenvalue weighted by atomic mass is 10.2. The number of methoxy groups -OCH3 is 1. The van der Waals surface area contributed by atoms with E-state index in [9.17, 15) is 0 Å². The lowest BCUT2D eigenvalue weighted by molar-refractivity contribution is 0.419. The molecule has 1 aromatic heterocycles. The minimum absolute atomic E-state index is 0. The van der Waals surface area contributed by atoms with Gasteiger partial charge in [-0.3, -0.25) is 0 Å². The first-order valence-corrected chi connectivity index (χ1v) is 5.73. The number of aromatic nitrogens is 1. The molecular weight excluding hydrogens is 285 g/mol. The summed E-state index contributed by atoms with van der Waals surface area (Å²) in [5.74, 6) is 1.67. The quantitative estimate of drug-likeness (QED) is 0.834. The van der Waals surface area contributed by atoms with Crippen LogP contribution in [0.4, 0.5) is 5.82 Å². The average molecular weight is 304 g/mol. The van der Waals surface area contributed by atoms with E-state index in [1.165, 1.54) is 0 Å². The van der Waals surface area contributed by atoms with Crippen molar-refractivity contribution in [3.05, 3.63) is 30.3 Å². The predicted octanol–water partition coefficient (Wildman–Crippen LogP) is 2.85. The van der Waals surface area contributed by atoms with Gasteiger partial charge in [-0.25, -0.2) is 4.98 Å². The molecule has 6 heteroatoms. The van der Waals surface area contributed by atoms with Gasteiger partial charge in [-0.15, -0.1) is 24.8 Å². The summed E-state index contributed by atoms with van der Waals surface area (Å²) in [4.78, 5) is 4.52. The molecule has 19 heavy (non-hydrogen) atoms. The highest BCUT2D eigenvalue weighted by Crippen LogP contribution is 2.26. The fourth-order valence-electron chi connectivity index (χ4n) is 1.72. The number of rotatable bonds is 5. The van der Waals surface area contributed by atoms with Crippen LogP contribution in [0.1, 0.15) is 6.42 Å². The van der Waals surface area contributed by atoms with Gasteiger partial charge in [-0.2, -0.15) is 0 Å². The van der Waals surface area contributed by atoms with Crippen molar-refractivity contribution in [2.45, 2.75) is 6.42 Å². The second-order valence-electron chi connectivity index (χ2n) is 3.80. The van der Waals surface area contributed by atoms with E-state index >= 15 is 0 Å². The number of nitrogens with zero attached hydrogens (tertiary/aromatic N) is 1. The molecule has 0 atom stereocenters. The summed E-state index contributed by atoms with van der Waals surface area (Å²) in [5.41, 5.74) is 6.39. The summed E-state index contributed by atoms with van der Waals surface area (Å²) in [6.07, 6.45) is 0.927. The largest absolute Gasteiger partial charge is 0.496 e. The van der Waals surface area contributed by atoms with E-state index < -0.39 is 0 Å². The van der Waals surface area contributed by atoms with Gasteiger partial charge in [0.2, 0.25) is 0 Å². The second-order valence-corrected chi connectivity index (χ2v) is 3.80. The van der Waals surface area contributed by atoms with E-state index in [1.807, 2.05) is 30.3 Å². The fourth-order valence-corrected chi connectivity index (χ4v) is 1.72. The molecule has 0 aliphatic heterocycles. The maximum atomic E-state index is 5.45. The van der Waals surface area contributed by atoms with Gasteiger partial charge < -0.3 is 15.8 Å². The number of hydrogen-bond acceptors (Lipinski definition) is 4. The molecule has 0 bridgehead atoms. The van der Waals surface area contributed by atoms with Crippen molar-refractivity contribution < 1.29 is 4.74 Å². The second kappa shape index (κ2) is 8.80. The molecule has 0 aliphatic carbocycles. The number of ether oxygens (including phenoxy) is 1. The van der Waals surface area contributed by atoms with E-state index in [1.54, 1.807) is 7.11 Å². The van der Waals surface area contributed by atoms with Crippen LogP contribution in [0.25, 0.3) is 10.9 Å². The Kier molecular flexibility index (Phi) is 8.23. The van der Waals surface area contributed by atoms with Crippen LogP contribution < -0.4 is 15.8 Å². The van der Waals surface area contributed by atoms with Crippen molar-refractivity contribution in [3.8, 4) is 5.75 Å². The normalized spacial score (nSPS) is 9.37. The minimum Gasteiger partial charge on any atom is -0.496 e. The van der Waals surface area contributed by atoms with Gasteiger partial charge in [-0.05, 0) is 25.1 Å². The Morgan fingerprint density at radius 1 is 1.26 bits per heavy atom. The molecule has 2 aromatic rings. The lowest BCUT2D eigenvalue weighted by Crippen LogP contribution is -2.09. The summed E-state index contributed by atoms with van der Waals surface area (Å²) >= 11 is 0. The van der Waals surface area contributed by atoms with Crippen LogP contribution in [0, 0.1) is 0 Å². The monoisotopic (exact) mass is 303 g/mol. The van der Waals surface area contributed by atoms with E-state index in [0.717, 1.165) is 35.4 Å². The van der Waals surface area contributed by atoms with Crippen molar-refractivity contribution in [2.75, 3.05) is 25.5 Å². The number of fused-ring (bicyclic) bond motifs is 1. The number of hydrogen-bond donors (Lipinski definition) is 2. The number of anilines is 1. The number of benzene rings is 1. The molecule has 0 fully saturated rings. The molecule has 0 spiro atoms. The SMILES string of the molecule is COc1cc(NCCCN)nc2ccccc12.Cl.Cl. The molecule has 106 valence electrons. The standard InChI is InChI=1S/C13H17N3O.2ClH/c1-17-12-9-13(15-8-4-7-14)16-11-6-3-2-5-10(11)12;;/h2-3,5-6,9H,4,7-8,14H2,1H3,(H,15,16);2*1H. The van der Waals surface area contributed by atoms with Gasteiger partial charge >= 0.3 is 0 Å². The van der Waals surface area contributed by atoms with Crippen LogP contribution in [-0.4, -0.2) is 25.2 Å². The van der Waals surface area contributed by atoms with Gasteiger partial charge in [-0.1, -0.05) is 12.1 Å². The van der Waals surface area contributed by atoms with E-state index in [4.69, 9.17) is 10.5 Å². The first kappa shape index (κ1) is 17.8. The van der Waals surface area contributed by atoms with Crippen LogP contribution in [0.3, 0.4) is 0 Å². The Labute approximate surface area is 125 Å². The molecule has 0 unspecified atom stereocenters. The third-order valence-electron chi connectivity index (χ3n) is 2.59. The molecule has 0 amide bonds. The summed E-state index contributed by atoms with van der Waals surface area (Å²) in [6, 6.07) is 9.85. The molecular formula is C13H19Cl2N3O. The van der Waals surface area contributed by atoms with Gasteiger partial charge in [0, 0.05) is 18.0 Å². The van der Waals surface area contributed by atoms with E-state index in [2.05, 4.69) is 10.3 Å². The van der Waals surface area contributed by atoms with Crippen LogP contribution >= 0.6 is 24.8 Å². The lowest BCUT2D eigenvalue weighted by Gasteiger charge is -2.09. The molecule has 1 heterocycles. The van der Waals surface area contributed by atoms with Gasteiger partial charge in [0.05, 0.1) is 12.6 Å². The fraction of sp³-hybridized carbons (Fsp3) is 0.308. The van der Waals surface area contributed by atoms with Gasteiger partial charge in [0.15, 0.2) is 0 Å². The zero-order valence-corrected chi connectivity index (χ0v) is 12.4. The van der Waals surface area contributed by atoms with Crippen molar-refractivity contribution in [3.63, 3.8) is 0 Å². The Morgan fingerprint density at radius 3 is 2.68 bits per heavy atom. The number of pyridine rings is 1. The van der Waals surface area contributed by atoms with E-state index in [-0.39, 0.29) is 24.8 Å². The Bertz CT molecular complexity index is 508. The highest BCUT2D eigenvalue weighted by Gasteiger charge is 2.04. The number of nitrogens with two attached hydrogens (primary N) is 1. The smallest absolute Gasteiger partial charge is 0.131 e. The van der Waals surface area contributed by atoms with Crippen molar-refractivity contribution in [1.29, 1.82) is 0 Å². The molecule has 0 aliphatic rings. The molecule has 4 nitrogen and oxygen atoms in total. The minimum atomic E-state index is 0. The molecule has 3 N–H and O–H groups in total. The Morgan fingerprint density at radius 2 is 2.00 bits per heavy atom. The van der Waals surface area contributed by atoms with E-state index in [0.29, 0.717) is 6.54 Å². The van der Waals surface area contributed by atoms with Crippen LogP contribution in [0.15, 0.2) is 30.3 Å². The predicted molar refractivity (Wildman–Crippen MR) is 85.0 cm³/mol. The summed E-state index contributed by atoms with van der Waals surface area (Å²) < 4.78 is 5.37. The number of para-hydroxylation sites is 1. The number of nitrogens with one attached hydrogen (secondary N) is 1. The summed E-state index contributed by atoms with van der Waals surface area (Å²) in [5, 5.41) is 4.27. The van der Waals surface area contributed by atoms with Crippen molar-refractivity contribution in [1.82, 2.24) is 4.98 Å². The molecule has 0 saturated heterocycles. The Balaban J connectivity index is 0.00000162. The van der Waals surface area contributed by atoms with Crippen molar-refractivity contribution in [2.24, 2.45) is 5.73 Å². The summed E-state index contributed by atoms with van der Waals surface area (Å²) in [6.45, 7) is 1.50. The third-order valence-corrected chi connectivity index (χ3v) is 2.59. The molecule has 0 saturated carbocycles. The molecule has 0 radical (unpaired) electrons. The zero-order chi connectivity index (χ0) is 12.1. The van der Waals surface area contributed by atoms with Gasteiger partial charge in [0.25, 0.3) is 0 Å². The van der Waals surface area contributed by atoms with Crippen LogP contribution in [-0.2, 0) is 0 Å². The summed E-state index contributed by atoms with van der Waals surface area (Å²) in [7, 11) is 1.67. The highest BCUT2D eigenvalue weighted by molar-refractivity contribution is 5.86. The average Bonchev–Trinajstić information content (AvgIpc) is 2.38. The molecule has 1 aromatic carbocycles. The first-order chi connectivity index (χ1) is 8.35. The molecule has 2 rings (SSSR count). The Hall–Kier alpha value is -1.23. The maximum Gasteiger partial charge on any atom is 0.131 e. The zero-order valence-electron chi connectivity index (χ0n) is 10.8. The first-order valence-electron chi connectivity index (χ1n) is 5.73. The van der Waals surface area contributed by atoms with Crippen molar-refractivity contribution >= 4 is 41.5 Å². The van der Waals surface area contributed by atoms with Crippen LogP contribution in [0.5, 0.6) is 5.75 Å². The van der Waals surface area contributed by atoms with Gasteiger partial charge in [0.1, 0.15) is 11.6 Å². The topological polar surface area (TPSA) is 60.2 Å². The number of halogens is 2. The maximum absolute atomic E-state index is 5.45. The highest BCUT2D eigenvalue weighted by atomic mass is 35.5. The van der Waals surface area contributed by atoms with Crippen LogP contribution in [0.2, 0.25) is 0 Å².